The average molecular weight is 750 g/mol. The number of hydrogen-bond donors (Lipinski definition) is 0. The molecule has 0 saturated carbocycles. The van der Waals surface area contributed by atoms with Gasteiger partial charge in [0.15, 0.2) is 0 Å². The molecule has 53 heavy (non-hydrogen) atoms. The Bertz CT molecular complexity index is 710. The summed E-state index contributed by atoms with van der Waals surface area (Å²) in [6.07, 6.45) is 38.5. The quantitative estimate of drug-likeness (QED) is 0.0460. The highest BCUT2D eigenvalue weighted by molar-refractivity contribution is 5.70. The van der Waals surface area contributed by atoms with Crippen LogP contribution in [0.3, 0.4) is 0 Å². The fourth-order valence-electron chi connectivity index (χ4n) is 7.82. The van der Waals surface area contributed by atoms with Crippen LogP contribution in [-0.4, -0.2) is 49.7 Å². The van der Waals surface area contributed by atoms with E-state index in [-0.39, 0.29) is 11.9 Å². The highest BCUT2D eigenvalue weighted by atomic mass is 16.5. The number of carbonyl (C=O) groups excluding carboxylic acids is 2. The largest absolute Gasteiger partial charge is 0.466 e. The first kappa shape index (κ1) is 51.9. The lowest BCUT2D eigenvalue weighted by molar-refractivity contribution is -0.146. The monoisotopic (exact) mass is 750 g/mol. The maximum absolute atomic E-state index is 12.5. The van der Waals surface area contributed by atoms with E-state index in [0.717, 1.165) is 18.8 Å². The number of nitrogens with zero attached hydrogens (tertiary/aromatic N) is 1. The summed E-state index contributed by atoms with van der Waals surface area (Å²) >= 11 is 0. The van der Waals surface area contributed by atoms with E-state index >= 15 is 0 Å². The summed E-state index contributed by atoms with van der Waals surface area (Å²) in [6, 6.07) is 0.599. The maximum Gasteiger partial charge on any atom is 0.306 e. The van der Waals surface area contributed by atoms with Gasteiger partial charge < -0.3 is 14.4 Å². The molecule has 0 fully saturated rings. The molecule has 0 atom stereocenters. The number of hydrogen-bond acceptors (Lipinski definition) is 5. The molecule has 0 spiro atoms. The summed E-state index contributed by atoms with van der Waals surface area (Å²) < 4.78 is 11.3. The number of unbranched alkanes of at least 4 members (excludes halogenated alkanes) is 18. The van der Waals surface area contributed by atoms with Crippen LogP contribution < -0.4 is 0 Å². The third kappa shape index (κ3) is 35.1. The Balaban J connectivity index is 4.13. The molecule has 0 radical (unpaired) electrons. The Morgan fingerprint density at radius 3 is 1.02 bits per heavy atom. The Morgan fingerprint density at radius 1 is 0.415 bits per heavy atom. The van der Waals surface area contributed by atoms with E-state index in [2.05, 4.69) is 53.5 Å². The fraction of sp³-hybridized carbons (Fsp3) is 0.958. The number of ether oxygens (including phenoxy) is 2. The lowest BCUT2D eigenvalue weighted by Crippen LogP contribution is -2.31. The molecule has 0 aliphatic heterocycles. The van der Waals surface area contributed by atoms with Crippen molar-refractivity contribution in [1.29, 1.82) is 0 Å². The molecule has 0 bridgehead atoms. The molecule has 0 aromatic rings. The second kappa shape index (κ2) is 39.1. The van der Waals surface area contributed by atoms with Gasteiger partial charge in [-0.05, 0) is 90.0 Å². The predicted octanol–water partition coefficient (Wildman–Crippen LogP) is 14.8. The molecule has 0 heterocycles. The molecular formula is C48H95NO4. The van der Waals surface area contributed by atoms with E-state index in [1.54, 1.807) is 0 Å². The third-order valence-electron chi connectivity index (χ3n) is 11.7. The molecule has 0 aromatic carbocycles. The molecule has 0 aromatic heterocycles. The minimum absolute atomic E-state index is 0.0350. The van der Waals surface area contributed by atoms with Crippen LogP contribution in [0.1, 0.15) is 247 Å². The SMILES string of the molecule is CCCCCC(CCCCC)CC(=O)OCCCCCCCCC(CCCCCCCCOC(=O)CC(CCCCC)CCCCC)CN(C)C(C)C. The van der Waals surface area contributed by atoms with Crippen molar-refractivity contribution in [1.82, 2.24) is 4.90 Å². The number of esters is 2. The predicted molar refractivity (Wildman–Crippen MR) is 231 cm³/mol. The van der Waals surface area contributed by atoms with Crippen molar-refractivity contribution in [2.45, 2.75) is 253 Å². The molecule has 5 nitrogen and oxygen atoms in total. The summed E-state index contributed by atoms with van der Waals surface area (Å²) in [4.78, 5) is 27.5. The summed E-state index contributed by atoms with van der Waals surface area (Å²) in [6.45, 7) is 16.0. The molecule has 0 unspecified atom stereocenters. The number of rotatable bonds is 41. The van der Waals surface area contributed by atoms with E-state index < -0.39 is 0 Å². The van der Waals surface area contributed by atoms with Gasteiger partial charge in [0.1, 0.15) is 0 Å². The lowest BCUT2D eigenvalue weighted by Gasteiger charge is -2.27. The second-order valence-corrected chi connectivity index (χ2v) is 17.3. The fourth-order valence-corrected chi connectivity index (χ4v) is 7.82. The van der Waals surface area contributed by atoms with Crippen LogP contribution in [0.15, 0.2) is 0 Å². The molecular weight excluding hydrogens is 655 g/mol. The molecule has 0 aliphatic rings. The average Bonchev–Trinajstić information content (AvgIpc) is 3.13. The van der Waals surface area contributed by atoms with Crippen molar-refractivity contribution in [2.75, 3.05) is 26.8 Å². The van der Waals surface area contributed by atoms with Crippen molar-refractivity contribution in [3.8, 4) is 0 Å². The zero-order chi connectivity index (χ0) is 39.2. The van der Waals surface area contributed by atoms with Crippen molar-refractivity contribution in [2.24, 2.45) is 17.8 Å². The van der Waals surface area contributed by atoms with Crippen LogP contribution in [-0.2, 0) is 19.1 Å². The highest BCUT2D eigenvalue weighted by Gasteiger charge is 2.17. The van der Waals surface area contributed by atoms with Crippen LogP contribution in [0.5, 0.6) is 0 Å². The summed E-state index contributed by atoms with van der Waals surface area (Å²) in [7, 11) is 2.29. The van der Waals surface area contributed by atoms with Crippen molar-refractivity contribution >= 4 is 11.9 Å². The minimum atomic E-state index is 0.0350. The van der Waals surface area contributed by atoms with E-state index in [4.69, 9.17) is 9.47 Å². The maximum atomic E-state index is 12.5. The van der Waals surface area contributed by atoms with Crippen LogP contribution >= 0.6 is 0 Å². The van der Waals surface area contributed by atoms with Gasteiger partial charge in [-0.15, -0.1) is 0 Å². The minimum Gasteiger partial charge on any atom is -0.466 e. The van der Waals surface area contributed by atoms with E-state index in [0.29, 0.717) is 43.9 Å². The highest BCUT2D eigenvalue weighted by Crippen LogP contribution is 2.24. The van der Waals surface area contributed by atoms with Gasteiger partial charge in [-0.1, -0.05) is 169 Å². The smallest absolute Gasteiger partial charge is 0.306 e. The topological polar surface area (TPSA) is 55.8 Å². The first-order valence-corrected chi connectivity index (χ1v) is 23.8. The molecule has 0 aliphatic carbocycles. The standard InChI is InChI=1S/C48H95NO4/c1-8-12-24-32-44(33-25-13-9-2)40-47(50)52-38-30-22-18-16-20-28-36-46(42-49(7)43(5)6)37-29-21-17-19-23-31-39-53-48(51)41-45(34-26-14-10-3)35-27-15-11-4/h43-46H,8-42H2,1-7H3. The van der Waals surface area contributed by atoms with Crippen LogP contribution in [0.25, 0.3) is 0 Å². The zero-order valence-corrected chi connectivity index (χ0v) is 37.1. The van der Waals surface area contributed by atoms with E-state index in [9.17, 15) is 9.59 Å². The van der Waals surface area contributed by atoms with E-state index in [1.165, 1.54) is 186 Å². The summed E-state index contributed by atoms with van der Waals surface area (Å²) in [5, 5.41) is 0. The Hall–Kier alpha value is -1.10. The number of carbonyl (C=O) groups is 2. The van der Waals surface area contributed by atoms with Gasteiger partial charge in [0.05, 0.1) is 13.2 Å². The molecule has 0 amide bonds. The Kier molecular flexibility index (Phi) is 38.3. The van der Waals surface area contributed by atoms with Gasteiger partial charge in [0, 0.05) is 25.4 Å². The molecule has 0 N–H and O–H groups in total. The molecule has 5 heteroatoms. The van der Waals surface area contributed by atoms with Gasteiger partial charge in [-0.25, -0.2) is 0 Å². The first-order valence-electron chi connectivity index (χ1n) is 23.8. The Morgan fingerprint density at radius 2 is 0.698 bits per heavy atom. The van der Waals surface area contributed by atoms with Crippen LogP contribution in [0.4, 0.5) is 0 Å². The molecule has 0 rings (SSSR count). The molecule has 0 saturated heterocycles. The van der Waals surface area contributed by atoms with Crippen molar-refractivity contribution < 1.29 is 19.1 Å². The van der Waals surface area contributed by atoms with E-state index in [1.807, 2.05) is 0 Å². The third-order valence-corrected chi connectivity index (χ3v) is 11.7. The summed E-state index contributed by atoms with van der Waals surface area (Å²) in [5.41, 5.74) is 0. The van der Waals surface area contributed by atoms with Gasteiger partial charge in [-0.2, -0.15) is 0 Å². The lowest BCUT2D eigenvalue weighted by atomic mass is 9.92. The zero-order valence-electron chi connectivity index (χ0n) is 37.1. The molecule has 316 valence electrons. The Labute approximate surface area is 332 Å². The van der Waals surface area contributed by atoms with Gasteiger partial charge in [-0.3, -0.25) is 9.59 Å². The van der Waals surface area contributed by atoms with Crippen molar-refractivity contribution in [3.63, 3.8) is 0 Å². The van der Waals surface area contributed by atoms with Gasteiger partial charge >= 0.3 is 11.9 Å². The van der Waals surface area contributed by atoms with Crippen LogP contribution in [0.2, 0.25) is 0 Å². The van der Waals surface area contributed by atoms with Gasteiger partial charge in [0.2, 0.25) is 0 Å². The van der Waals surface area contributed by atoms with Crippen LogP contribution in [0, 0.1) is 17.8 Å². The normalized spacial score (nSPS) is 11.9. The second-order valence-electron chi connectivity index (χ2n) is 17.3. The first-order chi connectivity index (χ1) is 25.8. The van der Waals surface area contributed by atoms with Crippen molar-refractivity contribution in [3.05, 3.63) is 0 Å². The van der Waals surface area contributed by atoms with Gasteiger partial charge in [0.25, 0.3) is 0 Å². The summed E-state index contributed by atoms with van der Waals surface area (Å²) in [5.74, 6) is 1.89.